The number of carbonyl (C=O) groups excluding carboxylic acids is 1. The Bertz CT molecular complexity index is 1150. The molecule has 0 saturated carbocycles. The molecule has 1 atom stereocenters. The second-order valence-corrected chi connectivity index (χ2v) is 7.41. The first-order chi connectivity index (χ1) is 14.3. The van der Waals surface area contributed by atoms with Gasteiger partial charge in [-0.1, -0.05) is 35.9 Å². The number of para-hydroxylation sites is 1. The number of hydrogen-bond acceptors (Lipinski definition) is 4. The molecule has 0 aromatic heterocycles. The molecule has 7 heteroatoms. The Balaban J connectivity index is 1.71. The van der Waals surface area contributed by atoms with Gasteiger partial charge in [-0.05, 0) is 35.9 Å². The molecule has 1 aliphatic heterocycles. The molecule has 0 saturated heterocycles. The number of halogens is 3. The zero-order chi connectivity index (χ0) is 21.5. The third-order valence-electron chi connectivity index (χ3n) is 4.90. The van der Waals surface area contributed by atoms with Crippen molar-refractivity contribution in [2.24, 2.45) is 0 Å². The van der Waals surface area contributed by atoms with E-state index >= 15 is 0 Å². The molecule has 0 bridgehead atoms. The average Bonchev–Trinajstić information content (AvgIpc) is 3.05. The predicted molar refractivity (Wildman–Crippen MR) is 108 cm³/mol. The van der Waals surface area contributed by atoms with Gasteiger partial charge in [0.05, 0.1) is 19.1 Å². The van der Waals surface area contributed by atoms with Crippen molar-refractivity contribution >= 4 is 17.6 Å². The van der Waals surface area contributed by atoms with Crippen LogP contribution in [0.2, 0.25) is 5.02 Å². The molecule has 30 heavy (non-hydrogen) atoms. The SMILES string of the molecule is COC(=O)Cc1ccc(-c2cccc3c2OC(C)(c2ccc(Cl)cc2F)O3)c(F)c1. The highest BCUT2D eigenvalue weighted by molar-refractivity contribution is 6.30. The molecule has 0 radical (unpaired) electrons. The molecule has 4 rings (SSSR count). The fraction of sp³-hybridized carbons (Fsp3) is 0.174. The summed E-state index contributed by atoms with van der Waals surface area (Å²) < 4.78 is 45.9. The van der Waals surface area contributed by atoms with Crippen molar-refractivity contribution in [2.45, 2.75) is 19.1 Å². The Kier molecular flexibility index (Phi) is 5.12. The van der Waals surface area contributed by atoms with Gasteiger partial charge >= 0.3 is 5.97 Å². The summed E-state index contributed by atoms with van der Waals surface area (Å²) >= 11 is 5.84. The first-order valence-corrected chi connectivity index (χ1v) is 9.51. The molecule has 0 N–H and O–H groups in total. The molecule has 3 aromatic rings. The number of ether oxygens (including phenoxy) is 3. The van der Waals surface area contributed by atoms with E-state index in [0.717, 1.165) is 0 Å². The van der Waals surface area contributed by atoms with Gasteiger partial charge in [0.25, 0.3) is 5.79 Å². The summed E-state index contributed by atoms with van der Waals surface area (Å²) in [6, 6.07) is 13.7. The second-order valence-electron chi connectivity index (χ2n) is 6.97. The van der Waals surface area contributed by atoms with E-state index < -0.39 is 23.4 Å². The lowest BCUT2D eigenvalue weighted by Crippen LogP contribution is -2.32. The van der Waals surface area contributed by atoms with Gasteiger partial charge < -0.3 is 14.2 Å². The lowest BCUT2D eigenvalue weighted by molar-refractivity contribution is -0.139. The Labute approximate surface area is 177 Å². The first kappa shape index (κ1) is 20.2. The third kappa shape index (κ3) is 3.59. The van der Waals surface area contributed by atoms with E-state index in [-0.39, 0.29) is 22.6 Å². The van der Waals surface area contributed by atoms with Crippen LogP contribution in [0.15, 0.2) is 54.6 Å². The lowest BCUT2D eigenvalue weighted by Gasteiger charge is -2.24. The van der Waals surface area contributed by atoms with E-state index in [0.29, 0.717) is 22.6 Å². The molecule has 0 amide bonds. The van der Waals surface area contributed by atoms with Crippen molar-refractivity contribution in [3.05, 3.63) is 82.4 Å². The normalized spacial score (nSPS) is 17.1. The number of methoxy groups -OCH3 is 1. The van der Waals surface area contributed by atoms with Gasteiger partial charge in [0.1, 0.15) is 11.6 Å². The molecule has 1 aliphatic rings. The van der Waals surface area contributed by atoms with Crippen molar-refractivity contribution in [3.8, 4) is 22.6 Å². The van der Waals surface area contributed by atoms with Crippen LogP contribution in [0.5, 0.6) is 11.5 Å². The van der Waals surface area contributed by atoms with Crippen LogP contribution in [0.4, 0.5) is 8.78 Å². The quantitative estimate of drug-likeness (QED) is 0.502. The Morgan fingerprint density at radius 3 is 2.53 bits per heavy atom. The Hall–Kier alpha value is -3.12. The van der Waals surface area contributed by atoms with Crippen molar-refractivity contribution in [2.75, 3.05) is 7.11 Å². The van der Waals surface area contributed by atoms with Crippen LogP contribution in [0, 0.1) is 11.6 Å². The highest BCUT2D eigenvalue weighted by Gasteiger charge is 2.42. The maximum Gasteiger partial charge on any atom is 0.309 e. The fourth-order valence-corrected chi connectivity index (χ4v) is 3.59. The van der Waals surface area contributed by atoms with Gasteiger partial charge in [-0.25, -0.2) is 8.78 Å². The number of fused-ring (bicyclic) bond motifs is 1. The highest BCUT2D eigenvalue weighted by Crippen LogP contribution is 2.50. The molecule has 154 valence electrons. The Morgan fingerprint density at radius 1 is 1.03 bits per heavy atom. The topological polar surface area (TPSA) is 44.8 Å². The largest absolute Gasteiger partial charge is 0.469 e. The summed E-state index contributed by atoms with van der Waals surface area (Å²) in [5, 5.41) is 0.255. The zero-order valence-electron chi connectivity index (χ0n) is 16.2. The molecule has 1 heterocycles. The van der Waals surface area contributed by atoms with Gasteiger partial charge in [0.15, 0.2) is 11.5 Å². The summed E-state index contributed by atoms with van der Waals surface area (Å²) in [6.07, 6.45) is -0.0336. The summed E-state index contributed by atoms with van der Waals surface area (Å²) in [7, 11) is 1.28. The van der Waals surface area contributed by atoms with Crippen LogP contribution in [0.25, 0.3) is 11.1 Å². The van der Waals surface area contributed by atoms with Gasteiger partial charge in [0.2, 0.25) is 0 Å². The van der Waals surface area contributed by atoms with E-state index in [2.05, 4.69) is 4.74 Å². The van der Waals surface area contributed by atoms with Gasteiger partial charge in [0, 0.05) is 23.1 Å². The Morgan fingerprint density at radius 2 is 1.83 bits per heavy atom. The van der Waals surface area contributed by atoms with E-state index in [1.807, 2.05) is 0 Å². The van der Waals surface area contributed by atoms with Crippen LogP contribution in [-0.4, -0.2) is 13.1 Å². The number of hydrogen-bond donors (Lipinski definition) is 0. The van der Waals surface area contributed by atoms with E-state index in [4.69, 9.17) is 21.1 Å². The lowest BCUT2D eigenvalue weighted by atomic mass is 10.0. The van der Waals surface area contributed by atoms with Crippen molar-refractivity contribution < 1.29 is 27.8 Å². The van der Waals surface area contributed by atoms with Crippen LogP contribution in [0.1, 0.15) is 18.1 Å². The van der Waals surface area contributed by atoms with Crippen molar-refractivity contribution in [1.82, 2.24) is 0 Å². The third-order valence-corrected chi connectivity index (χ3v) is 5.14. The molecule has 0 aliphatic carbocycles. The number of carbonyl (C=O) groups is 1. The maximum absolute atomic E-state index is 14.9. The van der Waals surface area contributed by atoms with E-state index in [1.54, 1.807) is 43.3 Å². The van der Waals surface area contributed by atoms with Gasteiger partial charge in [-0.3, -0.25) is 4.79 Å². The summed E-state index contributed by atoms with van der Waals surface area (Å²) in [6.45, 7) is 1.58. The number of esters is 1. The first-order valence-electron chi connectivity index (χ1n) is 9.13. The number of benzene rings is 3. The maximum atomic E-state index is 14.9. The monoisotopic (exact) mass is 430 g/mol. The summed E-state index contributed by atoms with van der Waals surface area (Å²) in [5.74, 6) is -2.33. The molecule has 3 aromatic carbocycles. The summed E-state index contributed by atoms with van der Waals surface area (Å²) in [5.41, 5.74) is 1.38. The van der Waals surface area contributed by atoms with Gasteiger partial charge in [-0.15, -0.1) is 0 Å². The van der Waals surface area contributed by atoms with E-state index in [1.165, 1.54) is 25.3 Å². The fourth-order valence-electron chi connectivity index (χ4n) is 3.43. The zero-order valence-corrected chi connectivity index (χ0v) is 16.9. The van der Waals surface area contributed by atoms with Gasteiger partial charge in [-0.2, -0.15) is 0 Å². The van der Waals surface area contributed by atoms with Crippen LogP contribution in [-0.2, 0) is 21.7 Å². The smallest absolute Gasteiger partial charge is 0.309 e. The minimum Gasteiger partial charge on any atom is -0.469 e. The molecule has 0 fully saturated rings. The second kappa shape index (κ2) is 7.61. The minimum atomic E-state index is -1.44. The standard InChI is InChI=1S/C23H17ClF2O4/c1-23(17-9-7-14(24)12-19(17)26)29-20-5-3-4-16(22(20)30-23)15-8-6-13(10-18(15)25)11-21(27)28-2/h3-10,12H,11H2,1-2H3. The molecule has 4 nitrogen and oxygen atoms in total. The van der Waals surface area contributed by atoms with Crippen molar-refractivity contribution in [1.29, 1.82) is 0 Å². The highest BCUT2D eigenvalue weighted by atomic mass is 35.5. The van der Waals surface area contributed by atoms with Crippen LogP contribution >= 0.6 is 11.6 Å². The van der Waals surface area contributed by atoms with Crippen LogP contribution < -0.4 is 9.47 Å². The van der Waals surface area contributed by atoms with Crippen LogP contribution in [0.3, 0.4) is 0 Å². The average molecular weight is 431 g/mol. The molecule has 0 spiro atoms. The minimum absolute atomic E-state index is 0.0336. The van der Waals surface area contributed by atoms with E-state index in [9.17, 15) is 13.6 Å². The summed E-state index contributed by atoms with van der Waals surface area (Å²) in [4.78, 5) is 11.4. The number of rotatable bonds is 4. The molecular formula is C23H17ClF2O4. The van der Waals surface area contributed by atoms with Crippen molar-refractivity contribution in [3.63, 3.8) is 0 Å². The molecule has 1 unspecified atom stereocenters. The molecular weight excluding hydrogens is 414 g/mol. The predicted octanol–water partition coefficient (Wildman–Crippen LogP) is 5.64.